The van der Waals surface area contributed by atoms with Crippen LogP contribution >= 0.6 is 0 Å². The Labute approximate surface area is 96.5 Å². The fourth-order valence-electron chi connectivity index (χ4n) is 2.41. The van der Waals surface area contributed by atoms with Gasteiger partial charge in [-0.05, 0) is 50.6 Å². The molecule has 1 aliphatic carbocycles. The van der Waals surface area contributed by atoms with Gasteiger partial charge < -0.3 is 10.2 Å². The molecule has 0 spiro atoms. The zero-order chi connectivity index (χ0) is 11.5. The zero-order valence-electron chi connectivity index (χ0n) is 9.86. The van der Waals surface area contributed by atoms with Crippen LogP contribution < -0.4 is 5.32 Å². The maximum absolute atomic E-state index is 10.6. The number of aryl methyl sites for hydroxylation is 1. The van der Waals surface area contributed by atoms with Crippen molar-refractivity contribution in [1.29, 1.82) is 0 Å². The van der Waals surface area contributed by atoms with Crippen molar-refractivity contribution in [3.63, 3.8) is 0 Å². The molecule has 0 radical (unpaired) electrons. The number of carbonyl (C=O) groups is 1. The molecule has 1 aromatic rings. The summed E-state index contributed by atoms with van der Waals surface area (Å²) in [4.78, 5) is 12.8. The van der Waals surface area contributed by atoms with Crippen molar-refractivity contribution in [2.75, 3.05) is 19.4 Å². The molecule has 3 heteroatoms. The van der Waals surface area contributed by atoms with Crippen molar-refractivity contribution in [3.05, 3.63) is 29.3 Å². The predicted molar refractivity (Wildman–Crippen MR) is 65.6 cm³/mol. The number of fused-ring (bicyclic) bond motifs is 1. The van der Waals surface area contributed by atoms with Crippen LogP contribution in [0.2, 0.25) is 0 Å². The minimum absolute atomic E-state index is 0.585. The Kier molecular flexibility index (Phi) is 3.25. The third-order valence-electron chi connectivity index (χ3n) is 3.40. The third-order valence-corrected chi connectivity index (χ3v) is 3.40. The summed E-state index contributed by atoms with van der Waals surface area (Å²) in [6.07, 6.45) is 4.09. The molecule has 0 bridgehead atoms. The number of likely N-dealkylation sites (N-methyl/N-ethyl adjacent to an activating group) is 1. The van der Waals surface area contributed by atoms with Gasteiger partial charge in [-0.15, -0.1) is 0 Å². The minimum Gasteiger partial charge on any atom is -0.328 e. The number of nitrogens with one attached hydrogen (secondary N) is 1. The van der Waals surface area contributed by atoms with E-state index in [0.717, 1.165) is 24.9 Å². The molecular weight excluding hydrogens is 200 g/mol. The number of anilines is 1. The maximum atomic E-state index is 10.6. The predicted octanol–water partition coefficient (Wildman–Crippen LogP) is 1.67. The number of carbonyl (C=O) groups excluding carboxylic acids is 1. The molecular formula is C13H18N2O. The van der Waals surface area contributed by atoms with E-state index in [0.29, 0.717) is 6.04 Å². The van der Waals surface area contributed by atoms with Crippen LogP contribution in [-0.2, 0) is 17.6 Å². The topological polar surface area (TPSA) is 32.3 Å². The van der Waals surface area contributed by atoms with Crippen molar-refractivity contribution in [1.82, 2.24) is 4.90 Å². The summed E-state index contributed by atoms with van der Waals surface area (Å²) in [7, 11) is 4.23. The normalized spacial score (nSPS) is 19.3. The molecule has 0 fully saturated rings. The molecule has 1 aromatic carbocycles. The molecule has 0 saturated carbocycles. The second-order valence-electron chi connectivity index (χ2n) is 4.57. The molecule has 1 unspecified atom stereocenters. The van der Waals surface area contributed by atoms with Crippen LogP contribution in [0.4, 0.5) is 5.69 Å². The molecule has 0 aromatic heterocycles. The molecule has 1 amide bonds. The summed E-state index contributed by atoms with van der Waals surface area (Å²) in [5.74, 6) is 0. The molecule has 1 atom stereocenters. The van der Waals surface area contributed by atoms with E-state index in [1.165, 1.54) is 17.5 Å². The van der Waals surface area contributed by atoms with E-state index in [2.05, 4.69) is 30.4 Å². The maximum Gasteiger partial charge on any atom is 0.211 e. The fourth-order valence-corrected chi connectivity index (χ4v) is 2.41. The van der Waals surface area contributed by atoms with Gasteiger partial charge in [-0.3, -0.25) is 4.79 Å². The van der Waals surface area contributed by atoms with E-state index >= 15 is 0 Å². The van der Waals surface area contributed by atoms with Gasteiger partial charge in [-0.1, -0.05) is 12.1 Å². The Balaban J connectivity index is 2.30. The number of hydrogen-bond acceptors (Lipinski definition) is 2. The summed E-state index contributed by atoms with van der Waals surface area (Å²) in [5, 5.41) is 2.80. The van der Waals surface area contributed by atoms with E-state index in [-0.39, 0.29) is 0 Å². The Morgan fingerprint density at radius 2 is 2.25 bits per heavy atom. The van der Waals surface area contributed by atoms with Gasteiger partial charge in [0.2, 0.25) is 6.41 Å². The number of hydrogen-bond donors (Lipinski definition) is 1. The van der Waals surface area contributed by atoms with E-state index < -0.39 is 0 Å². The standard InChI is InChI=1S/C13H18N2O/c1-15(2)11-7-6-10-4-3-5-13(14-9-16)12(10)8-11/h3-5,9,11H,6-8H2,1-2H3,(H,14,16). The Hall–Kier alpha value is -1.35. The van der Waals surface area contributed by atoms with Crippen molar-refractivity contribution in [2.45, 2.75) is 25.3 Å². The van der Waals surface area contributed by atoms with Crippen LogP contribution in [0.25, 0.3) is 0 Å². The van der Waals surface area contributed by atoms with E-state index in [1.807, 2.05) is 12.1 Å². The van der Waals surface area contributed by atoms with Crippen LogP contribution in [0, 0.1) is 0 Å². The second-order valence-corrected chi connectivity index (χ2v) is 4.57. The van der Waals surface area contributed by atoms with Gasteiger partial charge in [0.25, 0.3) is 0 Å². The number of nitrogens with zero attached hydrogens (tertiary/aromatic N) is 1. The van der Waals surface area contributed by atoms with Crippen molar-refractivity contribution >= 4 is 12.1 Å². The highest BCUT2D eigenvalue weighted by atomic mass is 16.1. The van der Waals surface area contributed by atoms with Crippen molar-refractivity contribution < 1.29 is 4.79 Å². The van der Waals surface area contributed by atoms with Crippen molar-refractivity contribution in [2.24, 2.45) is 0 Å². The van der Waals surface area contributed by atoms with Gasteiger partial charge in [-0.2, -0.15) is 0 Å². The molecule has 0 saturated heterocycles. The van der Waals surface area contributed by atoms with Gasteiger partial charge in [0.1, 0.15) is 0 Å². The molecule has 2 rings (SSSR count). The summed E-state index contributed by atoms with van der Waals surface area (Å²) in [5.41, 5.74) is 3.66. The molecule has 1 N–H and O–H groups in total. The third kappa shape index (κ3) is 2.09. The largest absolute Gasteiger partial charge is 0.328 e. The van der Waals surface area contributed by atoms with Crippen LogP contribution in [0.3, 0.4) is 0 Å². The van der Waals surface area contributed by atoms with E-state index in [1.54, 1.807) is 0 Å². The van der Waals surface area contributed by atoms with Gasteiger partial charge in [0.05, 0.1) is 0 Å². The summed E-state index contributed by atoms with van der Waals surface area (Å²) in [6.45, 7) is 0. The first-order valence-electron chi connectivity index (χ1n) is 5.69. The van der Waals surface area contributed by atoms with E-state index in [9.17, 15) is 4.79 Å². The average Bonchev–Trinajstić information content (AvgIpc) is 2.29. The molecule has 0 aliphatic heterocycles. The lowest BCUT2D eigenvalue weighted by atomic mass is 9.86. The van der Waals surface area contributed by atoms with Crippen LogP contribution in [-0.4, -0.2) is 31.4 Å². The number of benzene rings is 1. The Bertz CT molecular complexity index is 388. The highest BCUT2D eigenvalue weighted by Gasteiger charge is 2.21. The van der Waals surface area contributed by atoms with Crippen LogP contribution in [0.15, 0.2) is 18.2 Å². The fraction of sp³-hybridized carbons (Fsp3) is 0.462. The SMILES string of the molecule is CN(C)C1CCc2cccc(NC=O)c2C1. The van der Waals surface area contributed by atoms with Gasteiger partial charge in [0.15, 0.2) is 0 Å². The molecule has 3 nitrogen and oxygen atoms in total. The summed E-state index contributed by atoms with van der Waals surface area (Å²) < 4.78 is 0. The summed E-state index contributed by atoms with van der Waals surface area (Å²) in [6, 6.07) is 6.74. The van der Waals surface area contributed by atoms with Gasteiger partial charge in [-0.25, -0.2) is 0 Å². The molecule has 86 valence electrons. The first-order valence-corrected chi connectivity index (χ1v) is 5.69. The Morgan fingerprint density at radius 3 is 2.94 bits per heavy atom. The molecule has 1 aliphatic rings. The minimum atomic E-state index is 0.585. The Morgan fingerprint density at radius 1 is 1.44 bits per heavy atom. The molecule has 16 heavy (non-hydrogen) atoms. The van der Waals surface area contributed by atoms with Crippen LogP contribution in [0.5, 0.6) is 0 Å². The monoisotopic (exact) mass is 218 g/mol. The van der Waals surface area contributed by atoms with Crippen LogP contribution in [0.1, 0.15) is 17.5 Å². The highest BCUT2D eigenvalue weighted by Crippen LogP contribution is 2.29. The first-order chi connectivity index (χ1) is 7.72. The van der Waals surface area contributed by atoms with E-state index in [4.69, 9.17) is 0 Å². The van der Waals surface area contributed by atoms with Gasteiger partial charge >= 0.3 is 0 Å². The summed E-state index contributed by atoms with van der Waals surface area (Å²) >= 11 is 0. The molecule has 0 heterocycles. The smallest absolute Gasteiger partial charge is 0.211 e. The van der Waals surface area contributed by atoms with Gasteiger partial charge in [0, 0.05) is 11.7 Å². The first kappa shape index (κ1) is 11.1. The second kappa shape index (κ2) is 4.66. The lowest BCUT2D eigenvalue weighted by Gasteiger charge is -2.30. The lowest BCUT2D eigenvalue weighted by Crippen LogP contribution is -2.33. The number of rotatable bonds is 3. The lowest BCUT2D eigenvalue weighted by molar-refractivity contribution is -0.105. The van der Waals surface area contributed by atoms with Crippen molar-refractivity contribution in [3.8, 4) is 0 Å². The zero-order valence-corrected chi connectivity index (χ0v) is 9.86. The quantitative estimate of drug-likeness (QED) is 0.783. The average molecular weight is 218 g/mol. The highest BCUT2D eigenvalue weighted by molar-refractivity contribution is 5.74. The number of amides is 1.